The first kappa shape index (κ1) is 26.2. The van der Waals surface area contributed by atoms with Gasteiger partial charge in [-0.25, -0.2) is 4.79 Å². The lowest BCUT2D eigenvalue weighted by atomic mass is 10.0. The van der Waals surface area contributed by atoms with Crippen molar-refractivity contribution in [2.45, 2.75) is 25.2 Å². The van der Waals surface area contributed by atoms with E-state index in [0.717, 1.165) is 16.9 Å². The van der Waals surface area contributed by atoms with E-state index < -0.39 is 5.97 Å². The van der Waals surface area contributed by atoms with Crippen molar-refractivity contribution in [2.75, 3.05) is 18.2 Å². The molecule has 0 saturated heterocycles. The molecule has 0 atom stereocenters. The molecule has 2 aromatic heterocycles. The number of carbonyl (C=O) groups excluding carboxylic acids is 2. The minimum Gasteiger partial charge on any atom is -0.486 e. The van der Waals surface area contributed by atoms with Crippen molar-refractivity contribution in [3.8, 4) is 16.9 Å². The predicted octanol–water partition coefficient (Wildman–Crippen LogP) is 5.60. The van der Waals surface area contributed by atoms with E-state index in [-0.39, 0.29) is 18.3 Å². The van der Waals surface area contributed by atoms with Gasteiger partial charge < -0.3 is 14.8 Å². The van der Waals surface area contributed by atoms with Gasteiger partial charge in [0.2, 0.25) is 5.91 Å². The largest absolute Gasteiger partial charge is 0.486 e. The quantitative estimate of drug-likeness (QED) is 0.152. The first-order chi connectivity index (χ1) is 18.0. The van der Waals surface area contributed by atoms with Crippen molar-refractivity contribution < 1.29 is 19.1 Å². The number of benzene rings is 2. The zero-order valence-corrected chi connectivity index (χ0v) is 22.1. The normalized spacial score (nSPS) is 10.6. The standard InChI is InChI=1S/C27H26N4O4S2/c1-4-13-31-22(15-35-20-12-8-9-18(2)14-20)29-30-27(31)37-17-23(32)28-25-24(26(33)34-3)21(16-36-25)19-10-6-5-7-11-19/h4-12,14,16H,1,13,15,17H2,2-3H3,(H,28,32). The summed E-state index contributed by atoms with van der Waals surface area (Å²) in [6, 6.07) is 17.3. The first-order valence-corrected chi connectivity index (χ1v) is 13.3. The second kappa shape index (κ2) is 12.4. The number of methoxy groups -OCH3 is 1. The number of allylic oxidation sites excluding steroid dienone is 1. The highest BCUT2D eigenvalue weighted by atomic mass is 32.2. The number of amides is 1. The highest BCUT2D eigenvalue weighted by Gasteiger charge is 2.23. The molecule has 0 spiro atoms. The number of rotatable bonds is 11. The van der Waals surface area contributed by atoms with Crippen LogP contribution in [-0.4, -0.2) is 39.5 Å². The van der Waals surface area contributed by atoms with Gasteiger partial charge in [0, 0.05) is 17.5 Å². The van der Waals surface area contributed by atoms with Crippen LogP contribution < -0.4 is 10.1 Å². The number of aromatic nitrogens is 3. The number of ether oxygens (including phenoxy) is 2. The summed E-state index contributed by atoms with van der Waals surface area (Å²) in [5, 5.41) is 14.2. The minimum absolute atomic E-state index is 0.0766. The van der Waals surface area contributed by atoms with Gasteiger partial charge in [0.1, 0.15) is 22.9 Å². The van der Waals surface area contributed by atoms with Crippen molar-refractivity contribution >= 4 is 40.0 Å². The Kier molecular flexibility index (Phi) is 8.76. The van der Waals surface area contributed by atoms with E-state index in [2.05, 4.69) is 22.1 Å². The van der Waals surface area contributed by atoms with Gasteiger partial charge in [-0.2, -0.15) is 0 Å². The highest BCUT2D eigenvalue weighted by molar-refractivity contribution is 7.99. The Hall–Kier alpha value is -3.89. The molecule has 4 aromatic rings. The van der Waals surface area contributed by atoms with Gasteiger partial charge in [0.05, 0.1) is 12.9 Å². The van der Waals surface area contributed by atoms with Gasteiger partial charge in [-0.3, -0.25) is 9.36 Å². The molecule has 0 fully saturated rings. The van der Waals surface area contributed by atoms with Crippen LogP contribution in [0.1, 0.15) is 21.7 Å². The zero-order valence-electron chi connectivity index (χ0n) is 20.5. The molecule has 2 heterocycles. The lowest BCUT2D eigenvalue weighted by Crippen LogP contribution is -2.16. The number of esters is 1. The molecule has 1 amide bonds. The number of hydrogen-bond acceptors (Lipinski definition) is 8. The maximum absolute atomic E-state index is 12.8. The minimum atomic E-state index is -0.507. The predicted molar refractivity (Wildman–Crippen MR) is 146 cm³/mol. The third-order valence-electron chi connectivity index (χ3n) is 5.31. The fourth-order valence-electron chi connectivity index (χ4n) is 3.58. The maximum atomic E-state index is 12.8. The molecule has 0 aliphatic carbocycles. The smallest absolute Gasteiger partial charge is 0.341 e. The van der Waals surface area contributed by atoms with E-state index in [9.17, 15) is 9.59 Å². The van der Waals surface area contributed by atoms with Crippen LogP contribution >= 0.6 is 23.1 Å². The monoisotopic (exact) mass is 534 g/mol. The van der Waals surface area contributed by atoms with Crippen LogP contribution in [0.25, 0.3) is 11.1 Å². The summed E-state index contributed by atoms with van der Waals surface area (Å²) in [5.41, 5.74) is 3.02. The van der Waals surface area contributed by atoms with Gasteiger partial charge >= 0.3 is 5.97 Å². The Balaban J connectivity index is 1.44. The average Bonchev–Trinajstić information content (AvgIpc) is 3.50. The lowest BCUT2D eigenvalue weighted by Gasteiger charge is -2.10. The molecular formula is C27H26N4O4S2. The lowest BCUT2D eigenvalue weighted by molar-refractivity contribution is -0.113. The fourth-order valence-corrected chi connectivity index (χ4v) is 5.32. The van der Waals surface area contributed by atoms with Gasteiger partial charge in [-0.15, -0.1) is 28.1 Å². The van der Waals surface area contributed by atoms with Crippen LogP contribution in [0.2, 0.25) is 0 Å². The van der Waals surface area contributed by atoms with E-state index in [4.69, 9.17) is 9.47 Å². The molecule has 10 heteroatoms. The molecule has 8 nitrogen and oxygen atoms in total. The van der Waals surface area contributed by atoms with E-state index in [1.54, 1.807) is 6.08 Å². The molecule has 0 bridgehead atoms. The maximum Gasteiger partial charge on any atom is 0.341 e. The molecule has 37 heavy (non-hydrogen) atoms. The molecule has 2 aromatic carbocycles. The van der Waals surface area contributed by atoms with E-state index >= 15 is 0 Å². The Morgan fingerprint density at radius 3 is 2.70 bits per heavy atom. The zero-order chi connectivity index (χ0) is 26.2. The molecular weight excluding hydrogens is 508 g/mol. The fraction of sp³-hybridized carbons (Fsp3) is 0.185. The van der Waals surface area contributed by atoms with Gasteiger partial charge in [0.15, 0.2) is 11.0 Å². The third kappa shape index (κ3) is 6.46. The second-order valence-electron chi connectivity index (χ2n) is 7.95. The van der Waals surface area contributed by atoms with Crippen LogP contribution in [0.5, 0.6) is 5.75 Å². The van der Waals surface area contributed by atoms with Crippen LogP contribution in [0.4, 0.5) is 5.00 Å². The second-order valence-corrected chi connectivity index (χ2v) is 9.77. The van der Waals surface area contributed by atoms with Gasteiger partial charge in [-0.1, -0.05) is 60.3 Å². The summed E-state index contributed by atoms with van der Waals surface area (Å²) in [4.78, 5) is 25.4. The number of aryl methyl sites for hydroxylation is 1. The molecule has 1 N–H and O–H groups in total. The van der Waals surface area contributed by atoms with Gasteiger partial charge in [-0.05, 0) is 30.2 Å². The van der Waals surface area contributed by atoms with Crippen LogP contribution in [0.3, 0.4) is 0 Å². The molecule has 0 aliphatic rings. The third-order valence-corrected chi connectivity index (χ3v) is 7.18. The highest BCUT2D eigenvalue weighted by Crippen LogP contribution is 2.36. The Morgan fingerprint density at radius 2 is 1.97 bits per heavy atom. The van der Waals surface area contributed by atoms with Crippen LogP contribution in [0, 0.1) is 6.92 Å². The molecule has 4 rings (SSSR count). The topological polar surface area (TPSA) is 95.3 Å². The van der Waals surface area contributed by atoms with Crippen molar-refractivity contribution in [1.29, 1.82) is 0 Å². The number of nitrogens with one attached hydrogen (secondary N) is 1. The summed E-state index contributed by atoms with van der Waals surface area (Å²) in [7, 11) is 1.32. The number of hydrogen-bond donors (Lipinski definition) is 1. The molecule has 190 valence electrons. The average molecular weight is 535 g/mol. The summed E-state index contributed by atoms with van der Waals surface area (Å²) in [6.07, 6.45) is 1.74. The number of carbonyl (C=O) groups is 2. The summed E-state index contributed by atoms with van der Waals surface area (Å²) < 4.78 is 12.7. The number of thiophene rings is 1. The summed E-state index contributed by atoms with van der Waals surface area (Å²) in [5.74, 6) is 0.666. The summed E-state index contributed by atoms with van der Waals surface area (Å²) in [6.45, 7) is 6.52. The number of anilines is 1. The summed E-state index contributed by atoms with van der Waals surface area (Å²) >= 11 is 2.53. The Bertz CT molecular complexity index is 1400. The first-order valence-electron chi connectivity index (χ1n) is 11.4. The SMILES string of the molecule is C=CCn1c(COc2cccc(C)c2)nnc1SCC(=O)Nc1scc(-c2ccccc2)c1C(=O)OC. The van der Waals surface area contributed by atoms with Crippen molar-refractivity contribution in [3.63, 3.8) is 0 Å². The van der Waals surface area contributed by atoms with E-state index in [1.165, 1.54) is 30.2 Å². The van der Waals surface area contributed by atoms with E-state index in [1.807, 2.05) is 71.5 Å². The Labute approximate surface area is 223 Å². The van der Waals surface area contributed by atoms with Crippen molar-refractivity contribution in [2.24, 2.45) is 0 Å². The van der Waals surface area contributed by atoms with Crippen molar-refractivity contribution in [3.05, 3.63) is 89.6 Å². The van der Waals surface area contributed by atoms with Crippen LogP contribution in [0.15, 0.2) is 77.8 Å². The van der Waals surface area contributed by atoms with Crippen LogP contribution in [-0.2, 0) is 22.7 Å². The molecule has 0 aliphatic heterocycles. The van der Waals surface area contributed by atoms with Crippen molar-refractivity contribution in [1.82, 2.24) is 14.8 Å². The number of thioether (sulfide) groups is 1. The molecule has 0 saturated carbocycles. The van der Waals surface area contributed by atoms with Gasteiger partial charge in [0.25, 0.3) is 0 Å². The molecule has 0 radical (unpaired) electrons. The number of nitrogens with zero attached hydrogens (tertiary/aromatic N) is 3. The molecule has 0 unspecified atom stereocenters. The Morgan fingerprint density at radius 1 is 1.16 bits per heavy atom. The van der Waals surface area contributed by atoms with E-state index in [0.29, 0.717) is 33.7 Å².